The molecule has 4 fully saturated rings. The van der Waals surface area contributed by atoms with Crippen molar-refractivity contribution in [2.45, 2.75) is 116 Å². The molecular weight excluding hydrogens is 474 g/mol. The summed E-state index contributed by atoms with van der Waals surface area (Å²) in [6, 6.07) is 0. The zero-order chi connectivity index (χ0) is 27.3. The second kappa shape index (κ2) is 10.2. The van der Waals surface area contributed by atoms with Gasteiger partial charge in [-0.3, -0.25) is 0 Å². The van der Waals surface area contributed by atoms with Crippen LogP contribution in [-0.2, 0) is 11.8 Å². The zero-order valence-electron chi connectivity index (χ0n) is 23.7. The summed E-state index contributed by atoms with van der Waals surface area (Å²) in [6.07, 6.45) is 18.2. The summed E-state index contributed by atoms with van der Waals surface area (Å²) in [7, 11) is 0. The molecule has 5 rings (SSSR count). The average Bonchev–Trinajstić information content (AvgIpc) is 3.38. The molecule has 3 N–H and O–H groups in total. The van der Waals surface area contributed by atoms with Crippen LogP contribution in [0.2, 0.25) is 0 Å². The maximum absolute atomic E-state index is 11.2. The fourth-order valence-electron chi connectivity index (χ4n) is 8.04. The molecule has 4 saturated carbocycles. The van der Waals surface area contributed by atoms with Crippen LogP contribution in [0.15, 0.2) is 58.2 Å². The number of hydrogen-bond donors (Lipinski definition) is 3. The molecule has 5 heteroatoms. The fraction of sp³-hybridized carbons (Fsp3) is 0.667. The predicted molar refractivity (Wildman–Crippen MR) is 150 cm³/mol. The number of aryl methyl sites for hydroxylation is 1. The highest BCUT2D eigenvalue weighted by Crippen LogP contribution is 2.62. The Labute approximate surface area is 228 Å². The van der Waals surface area contributed by atoms with E-state index in [2.05, 4.69) is 57.5 Å². The Morgan fingerprint density at radius 1 is 1.21 bits per heavy atom. The summed E-state index contributed by atoms with van der Waals surface area (Å²) >= 11 is 0. The number of allylic oxidation sites excluding steroid dienone is 4. The molecule has 208 valence electrons. The third-order valence-corrected chi connectivity index (χ3v) is 10.5. The Morgan fingerprint density at radius 2 is 1.97 bits per heavy atom. The Kier molecular flexibility index (Phi) is 7.43. The van der Waals surface area contributed by atoms with Crippen LogP contribution in [0.5, 0.6) is 0 Å². The molecule has 5 nitrogen and oxygen atoms in total. The lowest BCUT2D eigenvalue weighted by atomic mass is 9.57. The molecule has 38 heavy (non-hydrogen) atoms. The van der Waals surface area contributed by atoms with Crippen LogP contribution in [0.25, 0.3) is 0 Å². The normalized spacial score (nSPS) is 36.2. The van der Waals surface area contributed by atoms with Crippen LogP contribution in [0.1, 0.15) is 97.1 Å². The van der Waals surface area contributed by atoms with Gasteiger partial charge in [0.05, 0.1) is 29.9 Å². The van der Waals surface area contributed by atoms with E-state index in [-0.39, 0.29) is 16.2 Å². The van der Waals surface area contributed by atoms with E-state index in [1.807, 2.05) is 6.08 Å². The van der Waals surface area contributed by atoms with Crippen LogP contribution >= 0.6 is 0 Å². The average molecular weight is 522 g/mol. The molecule has 0 radical (unpaired) electrons. The Hall–Kier alpha value is -1.95. The van der Waals surface area contributed by atoms with E-state index in [0.29, 0.717) is 30.6 Å². The van der Waals surface area contributed by atoms with E-state index in [0.717, 1.165) is 42.6 Å². The molecule has 0 amide bonds. The van der Waals surface area contributed by atoms with Crippen LogP contribution < -0.4 is 0 Å². The molecule has 1 aromatic rings. The van der Waals surface area contributed by atoms with E-state index in [1.165, 1.54) is 31.3 Å². The van der Waals surface area contributed by atoms with Crippen LogP contribution in [0.4, 0.5) is 0 Å². The molecule has 1 heterocycles. The first-order valence-corrected chi connectivity index (χ1v) is 14.8. The van der Waals surface area contributed by atoms with Gasteiger partial charge >= 0.3 is 0 Å². The largest absolute Gasteiger partial charge is 0.445 e. The Balaban J connectivity index is 1.32. The monoisotopic (exact) mass is 521 g/mol. The van der Waals surface area contributed by atoms with Gasteiger partial charge in [0.2, 0.25) is 5.89 Å². The second-order valence-corrected chi connectivity index (χ2v) is 13.4. The first kappa shape index (κ1) is 27.6. The molecule has 4 aliphatic carbocycles. The van der Waals surface area contributed by atoms with Crippen molar-refractivity contribution in [1.29, 1.82) is 0 Å². The number of rotatable bonds is 7. The number of oxazole rings is 1. The SMILES string of the molecule is C=C1/C(=C\C=C2/CCC[C@]3(C)[C@@H](C(C)(C)/C=C/[C@@H](O)C4(c5ncc(CC)o5)CC4)CC[C@@H]23)C[C@@H](O)C[C@@H]1O. The number of aromatic nitrogens is 1. The topological polar surface area (TPSA) is 86.7 Å². The molecule has 6 atom stereocenters. The highest BCUT2D eigenvalue weighted by Gasteiger charge is 2.55. The van der Waals surface area contributed by atoms with Crippen molar-refractivity contribution in [2.75, 3.05) is 0 Å². The van der Waals surface area contributed by atoms with Gasteiger partial charge in [-0.2, -0.15) is 0 Å². The number of aliphatic hydroxyl groups excluding tert-OH is 3. The summed E-state index contributed by atoms with van der Waals surface area (Å²) in [4.78, 5) is 4.50. The third kappa shape index (κ3) is 4.91. The second-order valence-electron chi connectivity index (χ2n) is 13.4. The molecular formula is C33H47NO4. The van der Waals surface area contributed by atoms with Crippen molar-refractivity contribution in [1.82, 2.24) is 4.98 Å². The molecule has 4 aliphatic rings. The summed E-state index contributed by atoms with van der Waals surface area (Å²) in [5, 5.41) is 31.6. The first-order chi connectivity index (χ1) is 18.0. The molecule has 0 spiro atoms. The molecule has 0 saturated heterocycles. The number of nitrogens with zero attached hydrogens (tertiary/aromatic N) is 1. The lowest BCUT2D eigenvalue weighted by molar-refractivity contribution is 0.0705. The number of aliphatic hydroxyl groups is 3. The van der Waals surface area contributed by atoms with Gasteiger partial charge in [-0.1, -0.05) is 64.2 Å². The molecule has 0 aliphatic heterocycles. The summed E-state index contributed by atoms with van der Waals surface area (Å²) in [6.45, 7) is 13.3. The van der Waals surface area contributed by atoms with Crippen molar-refractivity contribution < 1.29 is 19.7 Å². The van der Waals surface area contributed by atoms with E-state index in [9.17, 15) is 15.3 Å². The minimum Gasteiger partial charge on any atom is -0.445 e. The maximum atomic E-state index is 11.2. The van der Waals surface area contributed by atoms with Crippen LogP contribution in [0.3, 0.4) is 0 Å². The molecule has 1 aromatic heterocycles. The van der Waals surface area contributed by atoms with Crippen molar-refractivity contribution in [2.24, 2.45) is 22.7 Å². The van der Waals surface area contributed by atoms with Crippen LogP contribution in [0, 0.1) is 22.7 Å². The van der Waals surface area contributed by atoms with E-state index in [4.69, 9.17) is 4.42 Å². The molecule has 0 unspecified atom stereocenters. The van der Waals surface area contributed by atoms with Crippen molar-refractivity contribution >= 4 is 0 Å². The van der Waals surface area contributed by atoms with Gasteiger partial charge in [0.25, 0.3) is 0 Å². The standard InChI is InChI=1S/C33H47NO4/c1-6-25-20-34-30(38-25)33(16-17-33)29(37)13-15-31(3,4)28-12-11-26-22(8-7-14-32(26,28)5)9-10-23-18-24(35)19-27(36)21(23)2/h9-10,13,15,20,24,26-29,35-37H,2,6-8,11-12,14,16-19H2,1,3-5H3/b15-13+,22-9+,23-10-/t24-,26+,27+,28-,29-,32+/m1/s1. The van der Waals surface area contributed by atoms with Gasteiger partial charge in [-0.05, 0) is 85.2 Å². The maximum Gasteiger partial charge on any atom is 0.203 e. The summed E-state index contributed by atoms with van der Waals surface area (Å²) in [5.74, 6) is 2.63. The lowest BCUT2D eigenvalue weighted by Crippen LogP contribution is -2.39. The van der Waals surface area contributed by atoms with Gasteiger partial charge in [0.1, 0.15) is 5.76 Å². The number of fused-ring (bicyclic) bond motifs is 1. The van der Waals surface area contributed by atoms with Crippen molar-refractivity contribution in [3.8, 4) is 0 Å². The molecule has 0 aromatic carbocycles. The van der Waals surface area contributed by atoms with Gasteiger partial charge < -0.3 is 19.7 Å². The fourth-order valence-corrected chi connectivity index (χ4v) is 8.04. The van der Waals surface area contributed by atoms with Crippen molar-refractivity contribution in [3.63, 3.8) is 0 Å². The van der Waals surface area contributed by atoms with E-state index in [1.54, 1.807) is 6.20 Å². The Bertz CT molecular complexity index is 1140. The van der Waals surface area contributed by atoms with Crippen molar-refractivity contribution in [3.05, 3.63) is 65.5 Å². The minimum absolute atomic E-state index is 0.0431. The Morgan fingerprint density at radius 3 is 2.66 bits per heavy atom. The summed E-state index contributed by atoms with van der Waals surface area (Å²) < 4.78 is 5.95. The number of hydrogen-bond acceptors (Lipinski definition) is 5. The minimum atomic E-state index is -0.647. The van der Waals surface area contributed by atoms with E-state index < -0.39 is 18.3 Å². The van der Waals surface area contributed by atoms with Gasteiger partial charge in [0, 0.05) is 12.8 Å². The smallest absolute Gasteiger partial charge is 0.203 e. The highest BCUT2D eigenvalue weighted by atomic mass is 16.4. The highest BCUT2D eigenvalue weighted by molar-refractivity contribution is 5.39. The molecule has 0 bridgehead atoms. The van der Waals surface area contributed by atoms with Gasteiger partial charge in [-0.15, -0.1) is 0 Å². The third-order valence-electron chi connectivity index (χ3n) is 10.5. The van der Waals surface area contributed by atoms with Crippen LogP contribution in [-0.4, -0.2) is 38.6 Å². The first-order valence-electron chi connectivity index (χ1n) is 14.8. The zero-order valence-corrected chi connectivity index (χ0v) is 23.7. The quantitative estimate of drug-likeness (QED) is 0.364. The van der Waals surface area contributed by atoms with Gasteiger partial charge in [-0.25, -0.2) is 4.98 Å². The lowest BCUT2D eigenvalue weighted by Gasteiger charge is -2.47. The predicted octanol–water partition coefficient (Wildman–Crippen LogP) is 6.35. The summed E-state index contributed by atoms with van der Waals surface area (Å²) in [5.41, 5.74) is 3.04. The van der Waals surface area contributed by atoms with E-state index >= 15 is 0 Å². The van der Waals surface area contributed by atoms with Gasteiger partial charge in [0.15, 0.2) is 0 Å².